The normalized spacial score (nSPS) is 10.6. The standard InChI is InChI=1S/C17H15FN2O2/c1-22-12-6-7-15-13(9-12)11(10-19-15)8-17(21)20-16-5-3-2-4-14(16)18/h2-7,9-10,19H,8H2,1H3,(H,20,21). The fourth-order valence-corrected chi connectivity index (χ4v) is 2.36. The first-order chi connectivity index (χ1) is 10.7. The third-order valence-electron chi connectivity index (χ3n) is 3.47. The van der Waals surface area contributed by atoms with Crippen molar-refractivity contribution in [3.8, 4) is 5.75 Å². The summed E-state index contributed by atoms with van der Waals surface area (Å²) in [5, 5.41) is 3.50. The second kappa shape index (κ2) is 5.89. The van der Waals surface area contributed by atoms with Crippen LogP contribution in [0.5, 0.6) is 5.75 Å². The van der Waals surface area contributed by atoms with E-state index in [1.54, 1.807) is 25.4 Å². The fraction of sp³-hybridized carbons (Fsp3) is 0.118. The molecule has 0 unspecified atom stereocenters. The van der Waals surface area contributed by atoms with Crippen LogP contribution in [-0.2, 0) is 11.2 Å². The number of ether oxygens (including phenoxy) is 1. The fourth-order valence-electron chi connectivity index (χ4n) is 2.36. The summed E-state index contributed by atoms with van der Waals surface area (Å²) in [4.78, 5) is 15.2. The molecule has 0 fully saturated rings. The average Bonchev–Trinajstić information content (AvgIpc) is 2.91. The van der Waals surface area contributed by atoms with Crippen LogP contribution in [0.25, 0.3) is 10.9 Å². The maximum Gasteiger partial charge on any atom is 0.228 e. The predicted octanol–water partition coefficient (Wildman–Crippen LogP) is 3.50. The van der Waals surface area contributed by atoms with Gasteiger partial charge < -0.3 is 15.0 Å². The van der Waals surface area contributed by atoms with E-state index in [0.29, 0.717) is 0 Å². The molecule has 1 aromatic heterocycles. The molecule has 0 radical (unpaired) electrons. The highest BCUT2D eigenvalue weighted by molar-refractivity contribution is 5.96. The number of rotatable bonds is 4. The third kappa shape index (κ3) is 2.79. The summed E-state index contributed by atoms with van der Waals surface area (Å²) in [5.41, 5.74) is 1.95. The summed E-state index contributed by atoms with van der Waals surface area (Å²) in [6.45, 7) is 0. The smallest absolute Gasteiger partial charge is 0.228 e. The Morgan fingerprint density at radius 1 is 1.27 bits per heavy atom. The molecule has 1 amide bonds. The largest absolute Gasteiger partial charge is 0.497 e. The maximum absolute atomic E-state index is 13.5. The number of nitrogens with one attached hydrogen (secondary N) is 2. The number of H-pyrrole nitrogens is 1. The zero-order valence-electron chi connectivity index (χ0n) is 12.0. The third-order valence-corrected chi connectivity index (χ3v) is 3.47. The van der Waals surface area contributed by atoms with E-state index in [4.69, 9.17) is 4.74 Å². The van der Waals surface area contributed by atoms with Crippen molar-refractivity contribution in [2.24, 2.45) is 0 Å². The lowest BCUT2D eigenvalue weighted by molar-refractivity contribution is -0.115. The number of carbonyl (C=O) groups excluding carboxylic acids is 1. The van der Waals surface area contributed by atoms with Gasteiger partial charge in [0.05, 0.1) is 19.2 Å². The molecule has 22 heavy (non-hydrogen) atoms. The number of anilines is 1. The van der Waals surface area contributed by atoms with Gasteiger partial charge in [-0.25, -0.2) is 4.39 Å². The zero-order valence-corrected chi connectivity index (χ0v) is 12.0. The lowest BCUT2D eigenvalue weighted by atomic mass is 10.1. The van der Waals surface area contributed by atoms with E-state index in [1.165, 1.54) is 12.1 Å². The molecule has 0 saturated heterocycles. The second-order valence-corrected chi connectivity index (χ2v) is 4.93. The number of para-hydroxylation sites is 1. The lowest BCUT2D eigenvalue weighted by Gasteiger charge is -2.06. The van der Waals surface area contributed by atoms with Crippen LogP contribution in [0.2, 0.25) is 0 Å². The number of hydrogen-bond acceptors (Lipinski definition) is 2. The summed E-state index contributed by atoms with van der Waals surface area (Å²) in [5.74, 6) is 0.00753. The van der Waals surface area contributed by atoms with E-state index in [1.807, 2.05) is 18.2 Å². The van der Waals surface area contributed by atoms with Crippen molar-refractivity contribution in [3.05, 3.63) is 60.0 Å². The van der Waals surface area contributed by atoms with E-state index in [0.717, 1.165) is 22.2 Å². The van der Waals surface area contributed by atoms with Crippen LogP contribution in [0.1, 0.15) is 5.56 Å². The quantitative estimate of drug-likeness (QED) is 0.774. The minimum Gasteiger partial charge on any atom is -0.497 e. The van der Waals surface area contributed by atoms with Gasteiger partial charge in [-0.15, -0.1) is 0 Å². The molecule has 3 aromatic rings. The minimum atomic E-state index is -0.448. The first-order valence-corrected chi connectivity index (χ1v) is 6.86. The van der Waals surface area contributed by atoms with Crippen LogP contribution in [0.4, 0.5) is 10.1 Å². The van der Waals surface area contributed by atoms with Gasteiger partial charge in [-0.3, -0.25) is 4.79 Å². The van der Waals surface area contributed by atoms with Crippen LogP contribution in [-0.4, -0.2) is 18.0 Å². The van der Waals surface area contributed by atoms with Crippen LogP contribution in [0.15, 0.2) is 48.7 Å². The lowest BCUT2D eigenvalue weighted by Crippen LogP contribution is -2.15. The van der Waals surface area contributed by atoms with E-state index < -0.39 is 5.82 Å². The maximum atomic E-state index is 13.5. The van der Waals surface area contributed by atoms with Crippen molar-refractivity contribution in [3.63, 3.8) is 0 Å². The van der Waals surface area contributed by atoms with Gasteiger partial charge in [-0.2, -0.15) is 0 Å². The van der Waals surface area contributed by atoms with Crippen LogP contribution in [0.3, 0.4) is 0 Å². The van der Waals surface area contributed by atoms with Crippen molar-refractivity contribution in [2.75, 3.05) is 12.4 Å². The Labute approximate surface area is 126 Å². The Kier molecular flexibility index (Phi) is 3.78. The first-order valence-electron chi connectivity index (χ1n) is 6.86. The number of amides is 1. The van der Waals surface area contributed by atoms with Gasteiger partial charge >= 0.3 is 0 Å². The molecular formula is C17H15FN2O2. The van der Waals surface area contributed by atoms with Crippen LogP contribution >= 0.6 is 0 Å². The number of benzene rings is 2. The van der Waals surface area contributed by atoms with E-state index in [-0.39, 0.29) is 18.0 Å². The summed E-state index contributed by atoms with van der Waals surface area (Å²) in [6, 6.07) is 11.7. The van der Waals surface area contributed by atoms with Crippen molar-refractivity contribution in [2.45, 2.75) is 6.42 Å². The number of hydrogen-bond donors (Lipinski definition) is 2. The molecule has 0 saturated carbocycles. The molecule has 4 nitrogen and oxygen atoms in total. The van der Waals surface area contributed by atoms with Crippen molar-refractivity contribution < 1.29 is 13.9 Å². The Hall–Kier alpha value is -2.82. The molecule has 0 aliphatic rings. The molecule has 2 aromatic carbocycles. The molecule has 0 bridgehead atoms. The molecule has 0 aliphatic carbocycles. The SMILES string of the molecule is COc1ccc2[nH]cc(CC(=O)Nc3ccccc3F)c2c1. The summed E-state index contributed by atoms with van der Waals surface area (Å²) >= 11 is 0. The number of methoxy groups -OCH3 is 1. The Morgan fingerprint density at radius 2 is 2.09 bits per heavy atom. The molecule has 3 rings (SSSR count). The van der Waals surface area contributed by atoms with Gasteiger partial charge in [0, 0.05) is 17.1 Å². The van der Waals surface area contributed by atoms with Crippen molar-refractivity contribution in [1.82, 2.24) is 4.98 Å². The number of carbonyl (C=O) groups is 1. The first kappa shape index (κ1) is 14.1. The highest BCUT2D eigenvalue weighted by Gasteiger charge is 2.11. The highest BCUT2D eigenvalue weighted by atomic mass is 19.1. The molecule has 5 heteroatoms. The molecular weight excluding hydrogens is 283 g/mol. The van der Waals surface area contributed by atoms with Gasteiger partial charge in [-0.1, -0.05) is 12.1 Å². The Morgan fingerprint density at radius 3 is 2.86 bits per heavy atom. The molecule has 2 N–H and O–H groups in total. The second-order valence-electron chi connectivity index (χ2n) is 4.93. The van der Waals surface area contributed by atoms with E-state index >= 15 is 0 Å². The molecule has 1 heterocycles. The minimum absolute atomic E-state index is 0.154. The van der Waals surface area contributed by atoms with Gasteiger partial charge in [-0.05, 0) is 35.9 Å². The molecule has 0 spiro atoms. The Balaban J connectivity index is 1.81. The molecule has 0 atom stereocenters. The average molecular weight is 298 g/mol. The van der Waals surface area contributed by atoms with Gasteiger partial charge in [0.2, 0.25) is 5.91 Å². The van der Waals surface area contributed by atoms with Crippen molar-refractivity contribution in [1.29, 1.82) is 0 Å². The van der Waals surface area contributed by atoms with E-state index in [9.17, 15) is 9.18 Å². The highest BCUT2D eigenvalue weighted by Crippen LogP contribution is 2.24. The van der Waals surface area contributed by atoms with Crippen LogP contribution < -0.4 is 10.1 Å². The topological polar surface area (TPSA) is 54.1 Å². The number of halogens is 1. The molecule has 112 valence electrons. The number of fused-ring (bicyclic) bond motifs is 1. The van der Waals surface area contributed by atoms with Gasteiger partial charge in [0.25, 0.3) is 0 Å². The summed E-state index contributed by atoms with van der Waals surface area (Å²) < 4.78 is 18.7. The van der Waals surface area contributed by atoms with E-state index in [2.05, 4.69) is 10.3 Å². The molecule has 0 aliphatic heterocycles. The van der Waals surface area contributed by atoms with Gasteiger partial charge in [0.15, 0.2) is 0 Å². The van der Waals surface area contributed by atoms with Crippen molar-refractivity contribution >= 4 is 22.5 Å². The Bertz CT molecular complexity index is 826. The van der Waals surface area contributed by atoms with Gasteiger partial charge in [0.1, 0.15) is 11.6 Å². The number of aromatic amines is 1. The van der Waals surface area contributed by atoms with Crippen LogP contribution in [0, 0.1) is 5.82 Å². The summed E-state index contributed by atoms with van der Waals surface area (Å²) in [7, 11) is 1.60. The zero-order chi connectivity index (χ0) is 15.5. The summed E-state index contributed by atoms with van der Waals surface area (Å²) in [6.07, 6.45) is 1.94. The predicted molar refractivity (Wildman–Crippen MR) is 83.6 cm³/mol. The number of aromatic nitrogens is 1. The monoisotopic (exact) mass is 298 g/mol.